The van der Waals surface area contributed by atoms with E-state index in [1.54, 1.807) is 31.3 Å². The van der Waals surface area contributed by atoms with E-state index in [4.69, 9.17) is 0 Å². The molecule has 20 heavy (non-hydrogen) atoms. The van der Waals surface area contributed by atoms with Crippen LogP contribution in [0.4, 0.5) is 0 Å². The van der Waals surface area contributed by atoms with E-state index in [1.807, 2.05) is 6.92 Å². The number of hydrazone groups is 1. The molecule has 0 N–H and O–H groups in total. The largest absolute Gasteiger partial charge is 0.307 e. The van der Waals surface area contributed by atoms with Gasteiger partial charge in [0.15, 0.2) is 0 Å². The summed E-state index contributed by atoms with van der Waals surface area (Å²) in [5.41, 5.74) is 0.992. The van der Waals surface area contributed by atoms with E-state index in [-0.39, 0.29) is 4.90 Å². The van der Waals surface area contributed by atoms with Gasteiger partial charge in [0.1, 0.15) is 6.34 Å². The Labute approximate surface area is 118 Å². The third kappa shape index (κ3) is 4.85. The number of aryl methyl sites for hydroxylation is 1. The first-order chi connectivity index (χ1) is 9.35. The maximum absolute atomic E-state index is 12.0. The molecular formula is C13H17N3O3S. The Bertz CT molecular complexity index is 606. The second kappa shape index (κ2) is 6.85. The fourth-order valence-electron chi connectivity index (χ4n) is 1.20. The van der Waals surface area contributed by atoms with Gasteiger partial charge >= 0.3 is 0 Å². The first kappa shape index (κ1) is 15.9. The van der Waals surface area contributed by atoms with Crippen LogP contribution < -0.4 is 0 Å². The van der Waals surface area contributed by atoms with Gasteiger partial charge in [-0.25, -0.2) is 8.42 Å². The van der Waals surface area contributed by atoms with Crippen molar-refractivity contribution in [2.75, 3.05) is 14.1 Å². The zero-order chi connectivity index (χ0) is 15.2. The summed E-state index contributed by atoms with van der Waals surface area (Å²) in [5, 5.41) is 6.22. The Morgan fingerprint density at radius 3 is 2.30 bits per heavy atom. The molecule has 0 aromatic heterocycles. The minimum atomic E-state index is -3.50. The van der Waals surface area contributed by atoms with Crippen molar-refractivity contribution >= 4 is 22.6 Å². The van der Waals surface area contributed by atoms with E-state index in [9.17, 15) is 13.2 Å². The summed E-state index contributed by atoms with van der Waals surface area (Å²) in [6.45, 7) is 1.89. The summed E-state index contributed by atoms with van der Waals surface area (Å²) >= 11 is 0. The van der Waals surface area contributed by atoms with E-state index >= 15 is 0 Å². The van der Waals surface area contributed by atoms with Crippen molar-refractivity contribution < 1.29 is 13.2 Å². The van der Waals surface area contributed by atoms with Crippen molar-refractivity contribution in [3.8, 4) is 0 Å². The molecule has 0 heterocycles. The number of carbonyl (C=O) groups is 1. The second-order valence-electron chi connectivity index (χ2n) is 4.22. The molecule has 0 fully saturated rings. The third-order valence-electron chi connectivity index (χ3n) is 2.39. The van der Waals surface area contributed by atoms with Gasteiger partial charge in [0.25, 0.3) is 0 Å². The molecular weight excluding hydrogens is 278 g/mol. The molecule has 0 atom stereocenters. The molecule has 0 saturated carbocycles. The molecule has 7 heteroatoms. The van der Waals surface area contributed by atoms with Gasteiger partial charge in [0.05, 0.1) is 10.3 Å². The van der Waals surface area contributed by atoms with Crippen LogP contribution in [0.25, 0.3) is 0 Å². The highest BCUT2D eigenvalue weighted by molar-refractivity contribution is 7.94. The van der Waals surface area contributed by atoms with Crippen LogP contribution in [0.2, 0.25) is 0 Å². The number of carbonyl (C=O) groups excluding carboxylic acids is 1. The number of nitrogens with zero attached hydrogens (tertiary/aromatic N) is 3. The number of amides is 1. The van der Waals surface area contributed by atoms with Crippen molar-refractivity contribution in [3.63, 3.8) is 0 Å². The normalized spacial score (nSPS) is 11.9. The summed E-state index contributed by atoms with van der Waals surface area (Å²) < 4.78 is 24.0. The van der Waals surface area contributed by atoms with Gasteiger partial charge in [0, 0.05) is 20.3 Å². The topological polar surface area (TPSA) is 70.1 Å². The van der Waals surface area contributed by atoms with Crippen LogP contribution in [0.15, 0.2) is 45.9 Å². The van der Waals surface area contributed by atoms with Gasteiger partial charge in [0.2, 0.25) is 16.2 Å². The van der Waals surface area contributed by atoms with Crippen LogP contribution in [0.5, 0.6) is 0 Å². The Morgan fingerprint density at radius 2 is 1.75 bits per heavy atom. The third-order valence-corrected chi connectivity index (χ3v) is 3.80. The fourth-order valence-corrected chi connectivity index (χ4v) is 2.21. The fraction of sp³-hybridized carbons (Fsp3) is 0.231. The maximum atomic E-state index is 12.0. The molecule has 1 aromatic carbocycles. The molecule has 0 saturated heterocycles. The lowest BCUT2D eigenvalue weighted by Crippen LogP contribution is -2.15. The number of hydrogen-bond acceptors (Lipinski definition) is 5. The van der Waals surface area contributed by atoms with Gasteiger partial charge in [-0.3, -0.25) is 9.80 Å². The molecule has 1 rings (SSSR count). The predicted molar refractivity (Wildman–Crippen MR) is 77.6 cm³/mol. The minimum Gasteiger partial charge on any atom is -0.307 e. The summed E-state index contributed by atoms with van der Waals surface area (Å²) in [4.78, 5) is 11.8. The summed E-state index contributed by atoms with van der Waals surface area (Å²) in [7, 11) is -0.405. The van der Waals surface area contributed by atoms with Crippen LogP contribution in [-0.2, 0) is 14.6 Å². The lowest BCUT2D eigenvalue weighted by molar-refractivity contribution is -0.113. The first-order valence-electron chi connectivity index (χ1n) is 5.79. The molecule has 0 unspecified atom stereocenters. The molecule has 1 amide bonds. The van der Waals surface area contributed by atoms with E-state index in [2.05, 4.69) is 5.10 Å². The van der Waals surface area contributed by atoms with Gasteiger partial charge in [-0.05, 0) is 19.1 Å². The zero-order valence-corrected chi connectivity index (χ0v) is 12.4. The lowest BCUT2D eigenvalue weighted by atomic mass is 10.2. The minimum absolute atomic E-state index is 0.224. The van der Waals surface area contributed by atoms with Crippen LogP contribution in [-0.4, -0.2) is 45.2 Å². The molecule has 0 aliphatic heterocycles. The Morgan fingerprint density at radius 1 is 1.15 bits per heavy atom. The SMILES string of the molecule is Cc1ccc(S(=O)(=O)/C=C/N(C)/N=C\N(C)C=O)cc1. The molecule has 0 aliphatic carbocycles. The highest BCUT2D eigenvalue weighted by atomic mass is 32.2. The van der Waals surface area contributed by atoms with E-state index in [0.29, 0.717) is 6.41 Å². The van der Waals surface area contributed by atoms with E-state index < -0.39 is 9.84 Å². The van der Waals surface area contributed by atoms with E-state index in [0.717, 1.165) is 11.0 Å². The number of rotatable bonds is 6. The molecule has 0 bridgehead atoms. The zero-order valence-electron chi connectivity index (χ0n) is 11.6. The standard InChI is InChI=1S/C13H17N3O3S/c1-12-4-6-13(7-5-12)20(18,19)9-8-16(3)14-10-15(2)11-17/h4-11H,1-3H3/b9-8+,14-10-. The van der Waals surface area contributed by atoms with Crippen molar-refractivity contribution in [3.05, 3.63) is 41.4 Å². The Hall–Kier alpha value is -2.15. The molecule has 1 aromatic rings. The molecule has 6 nitrogen and oxygen atoms in total. The average Bonchev–Trinajstić information content (AvgIpc) is 2.43. The maximum Gasteiger partial charge on any atom is 0.214 e. The number of sulfone groups is 1. The quantitative estimate of drug-likeness (QED) is 0.342. The summed E-state index contributed by atoms with van der Waals surface area (Å²) in [6.07, 6.45) is 3.17. The smallest absolute Gasteiger partial charge is 0.214 e. The predicted octanol–water partition coefficient (Wildman–Crippen LogP) is 1.20. The first-order valence-corrected chi connectivity index (χ1v) is 7.34. The summed E-state index contributed by atoms with van der Waals surface area (Å²) in [5.74, 6) is 0. The van der Waals surface area contributed by atoms with Crippen molar-refractivity contribution in [1.29, 1.82) is 0 Å². The van der Waals surface area contributed by atoms with Crippen LogP contribution in [0.3, 0.4) is 0 Å². The van der Waals surface area contributed by atoms with Gasteiger partial charge in [-0.1, -0.05) is 17.7 Å². The summed E-state index contributed by atoms with van der Waals surface area (Å²) in [6, 6.07) is 6.58. The highest BCUT2D eigenvalue weighted by Crippen LogP contribution is 2.13. The Kier molecular flexibility index (Phi) is 5.45. The number of benzene rings is 1. The Balaban J connectivity index is 2.80. The van der Waals surface area contributed by atoms with Crippen molar-refractivity contribution in [2.45, 2.75) is 11.8 Å². The van der Waals surface area contributed by atoms with E-state index in [1.165, 1.54) is 29.5 Å². The monoisotopic (exact) mass is 295 g/mol. The van der Waals surface area contributed by atoms with Crippen LogP contribution >= 0.6 is 0 Å². The van der Waals surface area contributed by atoms with Crippen molar-refractivity contribution in [1.82, 2.24) is 9.91 Å². The molecule has 0 aliphatic rings. The molecule has 0 radical (unpaired) electrons. The molecule has 0 spiro atoms. The molecule has 108 valence electrons. The second-order valence-corrected chi connectivity index (χ2v) is 6.05. The van der Waals surface area contributed by atoms with Gasteiger partial charge in [-0.2, -0.15) is 5.10 Å². The van der Waals surface area contributed by atoms with Crippen LogP contribution in [0.1, 0.15) is 5.56 Å². The van der Waals surface area contributed by atoms with Gasteiger partial charge in [-0.15, -0.1) is 0 Å². The van der Waals surface area contributed by atoms with Gasteiger partial charge < -0.3 is 4.90 Å². The number of hydrogen-bond donors (Lipinski definition) is 0. The van der Waals surface area contributed by atoms with Crippen molar-refractivity contribution in [2.24, 2.45) is 5.10 Å². The average molecular weight is 295 g/mol. The van der Waals surface area contributed by atoms with Crippen LogP contribution in [0, 0.1) is 6.92 Å². The lowest BCUT2D eigenvalue weighted by Gasteiger charge is -2.08. The highest BCUT2D eigenvalue weighted by Gasteiger charge is 2.09.